The summed E-state index contributed by atoms with van der Waals surface area (Å²) in [5.74, 6) is 1.18. The van der Waals surface area contributed by atoms with Crippen molar-refractivity contribution >= 4 is 34.1 Å². The molecule has 20 heavy (non-hydrogen) atoms. The molecule has 3 nitrogen and oxygen atoms in total. The van der Waals surface area contributed by atoms with E-state index in [0.717, 1.165) is 11.1 Å². The number of rotatable bonds is 2. The lowest BCUT2D eigenvalue weighted by molar-refractivity contribution is 0.0765. The first-order valence-corrected chi connectivity index (χ1v) is 7.68. The van der Waals surface area contributed by atoms with Crippen LogP contribution in [0.3, 0.4) is 0 Å². The van der Waals surface area contributed by atoms with Crippen LogP contribution in [0.25, 0.3) is 0 Å². The highest BCUT2D eigenvalue weighted by atomic mass is 32.2. The molecule has 2 aromatic rings. The Morgan fingerprint density at radius 2 is 2.00 bits per heavy atom. The molecule has 1 aliphatic heterocycles. The van der Waals surface area contributed by atoms with E-state index in [9.17, 15) is 5.11 Å². The van der Waals surface area contributed by atoms with E-state index in [0.29, 0.717) is 15.9 Å². The highest BCUT2D eigenvalue weighted by Gasteiger charge is 2.45. The van der Waals surface area contributed by atoms with Gasteiger partial charge in [0, 0.05) is 11.8 Å². The van der Waals surface area contributed by atoms with E-state index < -0.39 is 5.72 Å². The molecule has 0 spiro atoms. The Bertz CT molecular complexity index is 630. The minimum absolute atomic E-state index is 0.505. The molecule has 1 aliphatic rings. The molecule has 1 saturated heterocycles. The van der Waals surface area contributed by atoms with Crippen LogP contribution in [0.5, 0.6) is 0 Å². The third kappa shape index (κ3) is 2.22. The van der Waals surface area contributed by atoms with Crippen LogP contribution in [0.1, 0.15) is 11.1 Å². The second-order valence-electron chi connectivity index (χ2n) is 4.76. The summed E-state index contributed by atoms with van der Waals surface area (Å²) in [6, 6.07) is 13.5. The van der Waals surface area contributed by atoms with Crippen molar-refractivity contribution in [3.8, 4) is 0 Å². The van der Waals surface area contributed by atoms with Crippen LogP contribution in [-0.2, 0) is 5.72 Å². The van der Waals surface area contributed by atoms with E-state index in [2.05, 4.69) is 4.98 Å². The van der Waals surface area contributed by atoms with E-state index in [-0.39, 0.29) is 0 Å². The van der Waals surface area contributed by atoms with Crippen molar-refractivity contribution in [3.05, 3.63) is 59.8 Å². The number of pyridine rings is 1. The number of benzene rings is 1. The summed E-state index contributed by atoms with van der Waals surface area (Å²) in [5, 5.41) is 11.1. The first kappa shape index (κ1) is 13.5. The van der Waals surface area contributed by atoms with E-state index in [1.54, 1.807) is 11.1 Å². The van der Waals surface area contributed by atoms with E-state index in [4.69, 9.17) is 12.2 Å². The second kappa shape index (κ2) is 5.16. The third-order valence-electron chi connectivity index (χ3n) is 3.34. The van der Waals surface area contributed by atoms with Gasteiger partial charge in [-0.05, 0) is 19.1 Å². The fraction of sp³-hybridized carbons (Fsp3) is 0.200. The standard InChI is InChI=1S/C15H14N2OS2/c1-11-5-7-12(8-6-11)15(18)10-20-14(19)17(15)13-4-2-3-9-16-13/h2-9,18H,10H2,1H3. The summed E-state index contributed by atoms with van der Waals surface area (Å²) in [4.78, 5) is 6.05. The van der Waals surface area contributed by atoms with Gasteiger partial charge >= 0.3 is 0 Å². The van der Waals surface area contributed by atoms with Gasteiger partial charge in [-0.15, -0.1) is 0 Å². The molecular formula is C15H14N2OS2. The van der Waals surface area contributed by atoms with E-state index in [1.807, 2.05) is 49.4 Å². The van der Waals surface area contributed by atoms with Crippen molar-refractivity contribution in [2.24, 2.45) is 0 Å². The summed E-state index contributed by atoms with van der Waals surface area (Å²) < 4.78 is 0.645. The van der Waals surface area contributed by atoms with Crippen LogP contribution < -0.4 is 4.90 Å². The first-order valence-electron chi connectivity index (χ1n) is 6.29. The Labute approximate surface area is 127 Å². The van der Waals surface area contributed by atoms with Crippen molar-refractivity contribution in [1.82, 2.24) is 4.98 Å². The molecule has 2 heterocycles. The Kier molecular flexibility index (Phi) is 3.50. The topological polar surface area (TPSA) is 36.4 Å². The maximum Gasteiger partial charge on any atom is 0.180 e. The molecule has 0 amide bonds. The van der Waals surface area contributed by atoms with Crippen LogP contribution in [0.15, 0.2) is 48.7 Å². The number of aromatic nitrogens is 1. The number of hydrogen-bond acceptors (Lipinski definition) is 4. The smallest absolute Gasteiger partial charge is 0.180 e. The number of nitrogens with zero attached hydrogens (tertiary/aromatic N) is 2. The largest absolute Gasteiger partial charge is 0.366 e. The highest BCUT2D eigenvalue weighted by molar-refractivity contribution is 8.23. The zero-order chi connectivity index (χ0) is 14.2. The monoisotopic (exact) mass is 302 g/mol. The lowest BCUT2D eigenvalue weighted by atomic mass is 10.0. The first-order chi connectivity index (χ1) is 9.61. The van der Waals surface area contributed by atoms with Crippen molar-refractivity contribution in [3.63, 3.8) is 0 Å². The summed E-state index contributed by atoms with van der Waals surface area (Å²) in [5.41, 5.74) is 0.861. The molecule has 102 valence electrons. The van der Waals surface area contributed by atoms with Gasteiger partial charge in [-0.1, -0.05) is 59.9 Å². The molecule has 0 radical (unpaired) electrons. The Morgan fingerprint density at radius 1 is 1.25 bits per heavy atom. The molecule has 1 fully saturated rings. The molecule has 0 bridgehead atoms. The van der Waals surface area contributed by atoms with Gasteiger partial charge in [0.25, 0.3) is 0 Å². The lowest BCUT2D eigenvalue weighted by Crippen LogP contribution is -2.45. The molecule has 1 atom stereocenters. The Morgan fingerprint density at radius 3 is 2.65 bits per heavy atom. The summed E-state index contributed by atoms with van der Waals surface area (Å²) in [7, 11) is 0. The predicted octanol–water partition coefficient (Wildman–Crippen LogP) is 3.07. The van der Waals surface area contributed by atoms with Crippen LogP contribution in [0, 0.1) is 6.92 Å². The van der Waals surface area contributed by atoms with Gasteiger partial charge < -0.3 is 5.11 Å². The van der Waals surface area contributed by atoms with Gasteiger partial charge in [-0.2, -0.15) is 0 Å². The lowest BCUT2D eigenvalue weighted by Gasteiger charge is -2.33. The number of thiocarbonyl (C=S) groups is 1. The van der Waals surface area contributed by atoms with Gasteiger partial charge in [-0.3, -0.25) is 4.90 Å². The van der Waals surface area contributed by atoms with Crippen LogP contribution >= 0.6 is 24.0 Å². The second-order valence-corrected chi connectivity index (χ2v) is 6.37. The van der Waals surface area contributed by atoms with Crippen molar-refractivity contribution in [1.29, 1.82) is 0 Å². The molecule has 1 aromatic heterocycles. The zero-order valence-corrected chi connectivity index (χ0v) is 12.6. The van der Waals surface area contributed by atoms with Gasteiger partial charge in [-0.25, -0.2) is 4.98 Å². The van der Waals surface area contributed by atoms with Crippen molar-refractivity contribution in [2.45, 2.75) is 12.6 Å². The number of aliphatic hydroxyl groups is 1. The number of aryl methyl sites for hydroxylation is 1. The summed E-state index contributed by atoms with van der Waals surface area (Å²) in [6.07, 6.45) is 1.70. The van der Waals surface area contributed by atoms with Crippen LogP contribution in [-0.4, -0.2) is 20.2 Å². The average Bonchev–Trinajstić information content (AvgIpc) is 2.77. The van der Waals surface area contributed by atoms with Crippen LogP contribution in [0.4, 0.5) is 5.82 Å². The number of thioether (sulfide) groups is 1. The van der Waals surface area contributed by atoms with E-state index in [1.165, 1.54) is 11.8 Å². The van der Waals surface area contributed by atoms with E-state index >= 15 is 0 Å². The summed E-state index contributed by atoms with van der Waals surface area (Å²) >= 11 is 6.86. The van der Waals surface area contributed by atoms with Gasteiger partial charge in [0.1, 0.15) is 10.1 Å². The van der Waals surface area contributed by atoms with Crippen molar-refractivity contribution < 1.29 is 5.11 Å². The SMILES string of the molecule is Cc1ccc(C2(O)CSC(=S)N2c2ccccn2)cc1. The molecule has 5 heteroatoms. The normalized spacial score (nSPS) is 22.3. The maximum absolute atomic E-state index is 11.1. The Balaban J connectivity index is 2.07. The molecule has 1 aromatic carbocycles. The molecule has 3 rings (SSSR count). The van der Waals surface area contributed by atoms with Gasteiger partial charge in [0.15, 0.2) is 5.72 Å². The molecular weight excluding hydrogens is 288 g/mol. The number of anilines is 1. The Hall–Kier alpha value is -1.43. The van der Waals surface area contributed by atoms with Gasteiger partial charge in [0.05, 0.1) is 5.75 Å². The predicted molar refractivity (Wildman–Crippen MR) is 86.8 cm³/mol. The minimum Gasteiger partial charge on any atom is -0.366 e. The highest BCUT2D eigenvalue weighted by Crippen LogP contribution is 2.41. The molecule has 0 saturated carbocycles. The fourth-order valence-corrected chi connectivity index (χ4v) is 3.66. The van der Waals surface area contributed by atoms with Crippen LogP contribution in [0.2, 0.25) is 0 Å². The number of hydrogen-bond donors (Lipinski definition) is 1. The molecule has 1 N–H and O–H groups in total. The maximum atomic E-state index is 11.1. The van der Waals surface area contributed by atoms with Gasteiger partial charge in [0.2, 0.25) is 0 Å². The quantitative estimate of drug-likeness (QED) is 0.863. The molecule has 0 aliphatic carbocycles. The summed E-state index contributed by atoms with van der Waals surface area (Å²) in [6.45, 7) is 2.03. The molecule has 1 unspecified atom stereocenters. The average molecular weight is 302 g/mol. The minimum atomic E-state index is -1.14. The zero-order valence-electron chi connectivity index (χ0n) is 11.0. The fourth-order valence-electron chi connectivity index (χ4n) is 2.24. The third-order valence-corrected chi connectivity index (χ3v) is 4.85. The van der Waals surface area contributed by atoms with Crippen molar-refractivity contribution in [2.75, 3.05) is 10.7 Å².